The molecule has 0 fully saturated rings. The summed E-state index contributed by atoms with van der Waals surface area (Å²) in [7, 11) is 0. The fourth-order valence-electron chi connectivity index (χ4n) is 1.05. The van der Waals surface area contributed by atoms with E-state index in [1.54, 1.807) is 18.2 Å². The summed E-state index contributed by atoms with van der Waals surface area (Å²) in [4.78, 5) is 0. The van der Waals surface area contributed by atoms with Gasteiger partial charge in [-0.05, 0) is 18.2 Å². The Balaban J connectivity index is 2.19. The second-order valence-electron chi connectivity index (χ2n) is 2.88. The molecule has 0 aliphatic rings. The molecule has 2 rings (SSSR count). The van der Waals surface area contributed by atoms with Crippen LogP contribution in [0, 0.1) is 12.1 Å². The highest BCUT2D eigenvalue weighted by molar-refractivity contribution is 5.42. The summed E-state index contributed by atoms with van der Waals surface area (Å²) in [6, 6.07) is 17.7. The Bertz CT molecular complexity index is 466. The number of rotatable bonds is 2. The van der Waals surface area contributed by atoms with E-state index in [0.29, 0.717) is 11.4 Å². The van der Waals surface area contributed by atoms with Gasteiger partial charge in [0, 0.05) is 18.2 Å². The fourth-order valence-corrected chi connectivity index (χ4v) is 1.05. The van der Waals surface area contributed by atoms with Gasteiger partial charge in [-0.1, -0.05) is 18.2 Å². The van der Waals surface area contributed by atoms with Crippen LogP contribution in [0.2, 0.25) is 0 Å². The second-order valence-corrected chi connectivity index (χ2v) is 2.88. The van der Waals surface area contributed by atoms with E-state index < -0.39 is 0 Å². The molecule has 15 heavy (non-hydrogen) atoms. The van der Waals surface area contributed by atoms with Gasteiger partial charge >= 0.3 is 0 Å². The van der Waals surface area contributed by atoms with Crippen molar-refractivity contribution in [1.29, 1.82) is 0 Å². The van der Waals surface area contributed by atoms with Crippen molar-refractivity contribution >= 4 is 11.4 Å². The predicted molar refractivity (Wildman–Crippen MR) is 56.4 cm³/mol. The number of hydrogen-bond donors (Lipinski definition) is 1. The molecule has 2 aromatic carbocycles. The average molecular weight is 196 g/mol. The van der Waals surface area contributed by atoms with Crippen molar-refractivity contribution in [3.8, 4) is 5.75 Å². The van der Waals surface area contributed by atoms with Crippen molar-refractivity contribution in [3.05, 3.63) is 54.6 Å². The summed E-state index contributed by atoms with van der Waals surface area (Å²) in [6.45, 7) is 0. The van der Waals surface area contributed by atoms with Crippen LogP contribution < -0.4 is 0 Å². The van der Waals surface area contributed by atoms with Crippen molar-refractivity contribution in [2.24, 2.45) is 10.2 Å². The summed E-state index contributed by atoms with van der Waals surface area (Å²) in [6.07, 6.45) is 0. The standard InChI is InChI=1S/C12H8N2O/c15-12-8-4-7-11(9-12)14-13-10-5-2-1-3-6-10/h1-5,8-9,15H/b14-13+. The van der Waals surface area contributed by atoms with Crippen LogP contribution >= 0.6 is 0 Å². The van der Waals surface area contributed by atoms with Gasteiger partial charge in [-0.3, -0.25) is 0 Å². The molecule has 3 nitrogen and oxygen atoms in total. The van der Waals surface area contributed by atoms with Crippen LogP contribution in [-0.2, 0) is 0 Å². The molecular formula is C12H8N2O. The summed E-state index contributed by atoms with van der Waals surface area (Å²) < 4.78 is 0. The van der Waals surface area contributed by atoms with Crippen LogP contribution in [0.4, 0.5) is 11.4 Å². The van der Waals surface area contributed by atoms with Crippen molar-refractivity contribution < 1.29 is 5.11 Å². The number of phenols is 1. The van der Waals surface area contributed by atoms with Crippen LogP contribution in [0.1, 0.15) is 0 Å². The minimum Gasteiger partial charge on any atom is -0.508 e. The molecule has 0 saturated carbocycles. The maximum absolute atomic E-state index is 9.18. The maximum Gasteiger partial charge on any atom is 0.117 e. The molecule has 0 aromatic heterocycles. The number of nitrogens with zero attached hydrogens (tertiary/aromatic N) is 2. The van der Waals surface area contributed by atoms with Crippen LogP contribution in [0.3, 0.4) is 0 Å². The molecule has 0 bridgehead atoms. The largest absolute Gasteiger partial charge is 0.508 e. The van der Waals surface area contributed by atoms with E-state index in [1.807, 2.05) is 12.1 Å². The molecule has 2 radical (unpaired) electrons. The molecule has 0 unspecified atom stereocenters. The molecule has 0 aliphatic carbocycles. The monoisotopic (exact) mass is 196 g/mol. The lowest BCUT2D eigenvalue weighted by Crippen LogP contribution is -1.66. The van der Waals surface area contributed by atoms with Gasteiger partial charge in [-0.25, -0.2) is 0 Å². The third-order valence-corrected chi connectivity index (χ3v) is 1.73. The van der Waals surface area contributed by atoms with Gasteiger partial charge < -0.3 is 5.11 Å². The Hall–Kier alpha value is -2.16. The molecular weight excluding hydrogens is 188 g/mol. The average Bonchev–Trinajstić information content (AvgIpc) is 2.28. The normalized spacial score (nSPS) is 10.7. The number of azo groups is 1. The third kappa shape index (κ3) is 2.64. The Kier molecular flexibility index (Phi) is 2.74. The van der Waals surface area contributed by atoms with E-state index >= 15 is 0 Å². The fraction of sp³-hybridized carbons (Fsp3) is 0. The van der Waals surface area contributed by atoms with E-state index in [2.05, 4.69) is 22.4 Å². The Labute approximate surface area is 87.7 Å². The Morgan fingerprint density at radius 1 is 0.933 bits per heavy atom. The van der Waals surface area contributed by atoms with Gasteiger partial charge in [-0.15, -0.1) is 10.2 Å². The summed E-state index contributed by atoms with van der Waals surface area (Å²) >= 11 is 0. The third-order valence-electron chi connectivity index (χ3n) is 1.73. The zero-order valence-corrected chi connectivity index (χ0v) is 7.88. The first-order valence-electron chi connectivity index (χ1n) is 4.44. The van der Waals surface area contributed by atoms with Gasteiger partial charge in [-0.2, -0.15) is 0 Å². The highest BCUT2D eigenvalue weighted by Crippen LogP contribution is 2.20. The van der Waals surface area contributed by atoms with Crippen molar-refractivity contribution in [2.45, 2.75) is 0 Å². The molecule has 0 spiro atoms. The van der Waals surface area contributed by atoms with E-state index in [-0.39, 0.29) is 5.75 Å². The molecule has 0 aliphatic heterocycles. The van der Waals surface area contributed by atoms with Gasteiger partial charge in [0.25, 0.3) is 0 Å². The SMILES string of the molecule is Oc1cc[c]c(/N=N/c2[c]cccc2)c1. The highest BCUT2D eigenvalue weighted by atomic mass is 16.3. The first-order valence-corrected chi connectivity index (χ1v) is 4.44. The molecule has 0 heterocycles. The van der Waals surface area contributed by atoms with Gasteiger partial charge in [0.1, 0.15) is 5.75 Å². The van der Waals surface area contributed by atoms with Crippen molar-refractivity contribution in [1.82, 2.24) is 0 Å². The summed E-state index contributed by atoms with van der Waals surface area (Å²) in [5.41, 5.74) is 1.14. The van der Waals surface area contributed by atoms with E-state index in [0.717, 1.165) is 0 Å². The van der Waals surface area contributed by atoms with Crippen LogP contribution in [0.15, 0.2) is 52.7 Å². The van der Waals surface area contributed by atoms with Crippen LogP contribution in [0.25, 0.3) is 0 Å². The quantitative estimate of drug-likeness (QED) is 0.735. The Morgan fingerprint density at radius 3 is 2.47 bits per heavy atom. The lowest BCUT2D eigenvalue weighted by atomic mass is 10.3. The minimum absolute atomic E-state index is 0.153. The molecule has 2 aromatic rings. The van der Waals surface area contributed by atoms with Gasteiger partial charge in [0.2, 0.25) is 0 Å². The first kappa shape index (κ1) is 9.40. The van der Waals surface area contributed by atoms with Crippen molar-refractivity contribution in [3.63, 3.8) is 0 Å². The number of hydrogen-bond acceptors (Lipinski definition) is 3. The van der Waals surface area contributed by atoms with Gasteiger partial charge in [0.15, 0.2) is 0 Å². The predicted octanol–water partition coefficient (Wildman–Crippen LogP) is 3.41. The smallest absolute Gasteiger partial charge is 0.117 e. The molecule has 1 N–H and O–H groups in total. The molecule has 0 atom stereocenters. The molecule has 3 heteroatoms. The Morgan fingerprint density at radius 2 is 1.73 bits per heavy atom. The first-order chi connectivity index (χ1) is 7.34. The molecule has 72 valence electrons. The van der Waals surface area contributed by atoms with Gasteiger partial charge in [0.05, 0.1) is 11.4 Å². The lowest BCUT2D eigenvalue weighted by Gasteiger charge is -1.93. The lowest BCUT2D eigenvalue weighted by molar-refractivity contribution is 0.475. The van der Waals surface area contributed by atoms with E-state index in [1.165, 1.54) is 12.1 Å². The zero-order chi connectivity index (χ0) is 10.5. The highest BCUT2D eigenvalue weighted by Gasteiger charge is 1.92. The van der Waals surface area contributed by atoms with Crippen LogP contribution in [0.5, 0.6) is 5.75 Å². The summed E-state index contributed by atoms with van der Waals surface area (Å²) in [5.74, 6) is 0.153. The minimum atomic E-state index is 0.153. The topological polar surface area (TPSA) is 45.0 Å². The van der Waals surface area contributed by atoms with Crippen LogP contribution in [-0.4, -0.2) is 5.11 Å². The zero-order valence-electron chi connectivity index (χ0n) is 7.88. The number of benzene rings is 2. The summed E-state index contributed by atoms with van der Waals surface area (Å²) in [5, 5.41) is 17.0. The van der Waals surface area contributed by atoms with E-state index in [9.17, 15) is 5.11 Å². The number of phenolic OH excluding ortho intramolecular Hbond substituents is 1. The molecule has 0 amide bonds. The molecule has 0 saturated heterocycles. The number of aromatic hydroxyl groups is 1. The van der Waals surface area contributed by atoms with Crippen molar-refractivity contribution in [2.75, 3.05) is 0 Å². The van der Waals surface area contributed by atoms with E-state index in [4.69, 9.17) is 0 Å². The maximum atomic E-state index is 9.18. The second kappa shape index (κ2) is 4.37.